The van der Waals surface area contributed by atoms with Crippen LogP contribution in [0.1, 0.15) is 52.3 Å². The van der Waals surface area contributed by atoms with Crippen LogP contribution in [0.15, 0.2) is 10.9 Å². The van der Waals surface area contributed by atoms with Crippen LogP contribution in [0.2, 0.25) is 5.15 Å². The maximum atomic E-state index is 11.9. The largest absolute Gasteiger partial charge is 0.296 e. The Morgan fingerprint density at radius 3 is 2.53 bits per heavy atom. The molecule has 1 heterocycles. The van der Waals surface area contributed by atoms with Crippen LogP contribution in [0.5, 0.6) is 0 Å². The second kappa shape index (κ2) is 6.20. The van der Waals surface area contributed by atoms with Crippen molar-refractivity contribution >= 4 is 11.6 Å². The zero-order chi connectivity index (χ0) is 13.0. The van der Waals surface area contributed by atoms with Gasteiger partial charge in [-0.05, 0) is 18.8 Å². The van der Waals surface area contributed by atoms with E-state index in [9.17, 15) is 4.79 Å². The van der Waals surface area contributed by atoms with E-state index in [1.165, 1.54) is 6.07 Å². The van der Waals surface area contributed by atoms with Crippen LogP contribution in [0.25, 0.3) is 0 Å². The van der Waals surface area contributed by atoms with Crippen LogP contribution < -0.4 is 5.56 Å². The highest BCUT2D eigenvalue weighted by molar-refractivity contribution is 6.29. The number of halogens is 1. The predicted octanol–water partition coefficient (Wildman–Crippen LogP) is 3.46. The van der Waals surface area contributed by atoms with E-state index in [0.29, 0.717) is 11.1 Å². The topological polar surface area (TPSA) is 34.9 Å². The molecule has 0 aliphatic heterocycles. The summed E-state index contributed by atoms with van der Waals surface area (Å²) in [6.45, 7) is 9.15. The molecule has 0 spiro atoms. The summed E-state index contributed by atoms with van der Waals surface area (Å²) in [5.74, 6) is 1.65. The third kappa shape index (κ3) is 4.15. The van der Waals surface area contributed by atoms with Crippen molar-refractivity contribution in [3.8, 4) is 0 Å². The van der Waals surface area contributed by atoms with Crippen molar-refractivity contribution in [1.29, 1.82) is 0 Å². The van der Waals surface area contributed by atoms with Crippen molar-refractivity contribution in [3.63, 3.8) is 0 Å². The van der Waals surface area contributed by atoms with Gasteiger partial charge in [-0.1, -0.05) is 39.3 Å². The van der Waals surface area contributed by atoms with E-state index in [4.69, 9.17) is 11.6 Å². The minimum Gasteiger partial charge on any atom is -0.296 e. The van der Waals surface area contributed by atoms with Gasteiger partial charge in [0.25, 0.3) is 5.56 Å². The third-order valence-corrected chi connectivity index (χ3v) is 2.88. The van der Waals surface area contributed by atoms with E-state index in [2.05, 4.69) is 18.8 Å². The number of nitrogens with zero attached hydrogens (tertiary/aromatic N) is 2. The fraction of sp³-hybridized carbons (Fsp3) is 0.692. The Hall–Kier alpha value is -0.830. The lowest BCUT2D eigenvalue weighted by atomic mass is 10.1. The first-order valence-electron chi connectivity index (χ1n) is 6.19. The second-order valence-corrected chi connectivity index (χ2v) is 5.50. The third-order valence-electron chi connectivity index (χ3n) is 2.69. The summed E-state index contributed by atoms with van der Waals surface area (Å²) in [5, 5.41) is 0.291. The fourth-order valence-corrected chi connectivity index (χ4v) is 2.00. The first kappa shape index (κ1) is 14.2. The molecule has 0 N–H and O–H groups in total. The molecular weight excluding hydrogens is 236 g/mol. The lowest BCUT2D eigenvalue weighted by Gasteiger charge is -2.15. The molecule has 0 atom stereocenters. The van der Waals surface area contributed by atoms with Crippen LogP contribution in [-0.4, -0.2) is 9.55 Å². The van der Waals surface area contributed by atoms with Gasteiger partial charge >= 0.3 is 0 Å². The summed E-state index contributed by atoms with van der Waals surface area (Å²) in [5.41, 5.74) is -0.0440. The molecule has 0 saturated heterocycles. The summed E-state index contributed by atoms with van der Waals surface area (Å²) in [6.07, 6.45) is 2.12. The van der Waals surface area contributed by atoms with Gasteiger partial charge < -0.3 is 0 Å². The van der Waals surface area contributed by atoms with Gasteiger partial charge in [0.05, 0.1) is 0 Å². The molecule has 1 aromatic heterocycles. The molecule has 0 aliphatic rings. The molecule has 1 aromatic rings. The van der Waals surface area contributed by atoms with Crippen molar-refractivity contribution in [2.24, 2.45) is 5.92 Å². The predicted molar refractivity (Wildman–Crippen MR) is 71.7 cm³/mol. The number of hydrogen-bond donors (Lipinski definition) is 0. The van der Waals surface area contributed by atoms with Gasteiger partial charge in [-0.25, -0.2) is 4.98 Å². The molecule has 0 aliphatic carbocycles. The standard InChI is InChI=1S/C13H21ClN2O/c1-9(2)6-5-7-16-12(17)8-11(14)15-13(16)10(3)4/h8-10H,5-7H2,1-4H3. The number of rotatable bonds is 5. The van der Waals surface area contributed by atoms with Crippen LogP contribution in [-0.2, 0) is 6.54 Å². The quantitative estimate of drug-likeness (QED) is 0.757. The van der Waals surface area contributed by atoms with E-state index < -0.39 is 0 Å². The van der Waals surface area contributed by atoms with E-state index in [-0.39, 0.29) is 11.5 Å². The molecular formula is C13H21ClN2O. The van der Waals surface area contributed by atoms with Crippen LogP contribution in [0.3, 0.4) is 0 Å². The van der Waals surface area contributed by atoms with E-state index >= 15 is 0 Å². The molecule has 0 fully saturated rings. The Balaban J connectivity index is 2.93. The molecule has 4 heteroatoms. The zero-order valence-electron chi connectivity index (χ0n) is 11.0. The molecule has 1 rings (SSSR count). The SMILES string of the molecule is CC(C)CCCn1c(C(C)C)nc(Cl)cc1=O. The fourth-order valence-electron chi connectivity index (χ4n) is 1.82. The van der Waals surface area contributed by atoms with Gasteiger partial charge in [-0.2, -0.15) is 0 Å². The van der Waals surface area contributed by atoms with Crippen LogP contribution >= 0.6 is 11.6 Å². The van der Waals surface area contributed by atoms with Crippen LogP contribution in [0.4, 0.5) is 0 Å². The van der Waals surface area contributed by atoms with Crippen molar-refractivity contribution in [2.45, 2.75) is 53.0 Å². The first-order valence-corrected chi connectivity index (χ1v) is 6.57. The minimum absolute atomic E-state index is 0.0440. The molecule has 0 unspecified atom stereocenters. The number of aromatic nitrogens is 2. The van der Waals surface area contributed by atoms with Gasteiger partial charge in [0, 0.05) is 18.5 Å². The molecule has 17 heavy (non-hydrogen) atoms. The maximum absolute atomic E-state index is 11.9. The lowest BCUT2D eigenvalue weighted by Crippen LogP contribution is -2.25. The Morgan fingerprint density at radius 2 is 2.00 bits per heavy atom. The molecule has 0 amide bonds. The normalized spacial score (nSPS) is 11.5. The highest BCUT2D eigenvalue weighted by Gasteiger charge is 2.11. The highest BCUT2D eigenvalue weighted by Crippen LogP contribution is 2.14. The maximum Gasteiger partial charge on any atom is 0.254 e. The smallest absolute Gasteiger partial charge is 0.254 e. The molecule has 0 saturated carbocycles. The van der Waals surface area contributed by atoms with Crippen molar-refractivity contribution in [2.75, 3.05) is 0 Å². The summed E-state index contributed by atoms with van der Waals surface area (Å²) in [6, 6.07) is 1.39. The van der Waals surface area contributed by atoms with Crippen LogP contribution in [0, 0.1) is 5.92 Å². The van der Waals surface area contributed by atoms with Crippen molar-refractivity contribution in [3.05, 3.63) is 27.4 Å². The van der Waals surface area contributed by atoms with Gasteiger partial charge in [0.15, 0.2) is 0 Å². The van der Waals surface area contributed by atoms with Gasteiger partial charge in [0.1, 0.15) is 11.0 Å². The second-order valence-electron chi connectivity index (χ2n) is 5.12. The van der Waals surface area contributed by atoms with Gasteiger partial charge in [-0.15, -0.1) is 0 Å². The Bertz CT molecular complexity index is 424. The summed E-state index contributed by atoms with van der Waals surface area (Å²) in [4.78, 5) is 16.1. The van der Waals surface area contributed by atoms with E-state index in [1.54, 1.807) is 4.57 Å². The Kier molecular flexibility index (Phi) is 5.19. The molecule has 0 bridgehead atoms. The summed E-state index contributed by atoms with van der Waals surface area (Å²) < 4.78 is 1.75. The molecule has 0 aromatic carbocycles. The van der Waals surface area contributed by atoms with Gasteiger partial charge in [-0.3, -0.25) is 9.36 Å². The Labute approximate surface area is 108 Å². The molecule has 96 valence electrons. The lowest BCUT2D eigenvalue weighted by molar-refractivity contribution is 0.485. The van der Waals surface area contributed by atoms with E-state index in [1.807, 2.05) is 13.8 Å². The first-order chi connectivity index (χ1) is 7.91. The van der Waals surface area contributed by atoms with E-state index in [0.717, 1.165) is 25.2 Å². The Morgan fingerprint density at radius 1 is 1.35 bits per heavy atom. The van der Waals surface area contributed by atoms with Gasteiger partial charge in [0.2, 0.25) is 0 Å². The average molecular weight is 257 g/mol. The average Bonchev–Trinajstić information content (AvgIpc) is 2.19. The summed E-state index contributed by atoms with van der Waals surface area (Å²) in [7, 11) is 0. The molecule has 3 nitrogen and oxygen atoms in total. The summed E-state index contributed by atoms with van der Waals surface area (Å²) >= 11 is 5.83. The highest BCUT2D eigenvalue weighted by atomic mass is 35.5. The van der Waals surface area contributed by atoms with Crippen molar-refractivity contribution in [1.82, 2.24) is 9.55 Å². The molecule has 0 radical (unpaired) electrons. The monoisotopic (exact) mass is 256 g/mol. The zero-order valence-corrected chi connectivity index (χ0v) is 11.8. The van der Waals surface area contributed by atoms with Crippen molar-refractivity contribution < 1.29 is 0 Å². The number of hydrogen-bond acceptors (Lipinski definition) is 2. The minimum atomic E-state index is -0.0440.